The van der Waals surface area contributed by atoms with Gasteiger partial charge in [-0.1, -0.05) is 202 Å². The average molecular weight is 1130 g/mol. The molecule has 0 spiro atoms. The molecule has 0 amide bonds. The van der Waals surface area contributed by atoms with Crippen LogP contribution in [-0.4, -0.2) is 0 Å². The molecule has 7 heteroatoms. The third-order valence-electron chi connectivity index (χ3n) is 15.2. The summed E-state index contributed by atoms with van der Waals surface area (Å²) in [5.74, 6) is -3.52. The molecule has 6 aromatic rings. The summed E-state index contributed by atoms with van der Waals surface area (Å²) in [5.41, 5.74) is 14.3. The number of benzene rings is 6. The summed E-state index contributed by atoms with van der Waals surface area (Å²) in [6.45, 7) is 35.9. The normalized spacial score (nSPS) is 11.4. The number of unbranched alkanes of at least 4 members (excludes halogenated alkanes) is 6. The highest BCUT2D eigenvalue weighted by Gasteiger charge is 2.19. The van der Waals surface area contributed by atoms with Crippen molar-refractivity contribution in [1.82, 2.24) is 0 Å². The van der Waals surface area contributed by atoms with E-state index in [9.17, 15) is 30.7 Å². The van der Waals surface area contributed by atoms with Crippen molar-refractivity contribution in [2.75, 3.05) is 0 Å². The molecule has 2 atom stereocenters. The van der Waals surface area contributed by atoms with Crippen LogP contribution in [0.25, 0.3) is 0 Å². The fraction of sp³-hybridized carbons (Fsp3) is 0.514. The first-order valence-corrected chi connectivity index (χ1v) is 30.3. The summed E-state index contributed by atoms with van der Waals surface area (Å²) < 4.78 is 88.4. The Bertz CT molecular complexity index is 2580. The Hall–Kier alpha value is -5.17. The summed E-state index contributed by atoms with van der Waals surface area (Å²) in [7, 11) is 0. The summed E-state index contributed by atoms with van der Waals surface area (Å²) in [4.78, 5) is 0. The number of aryl methyl sites for hydroxylation is 12. The lowest BCUT2D eigenvalue weighted by atomic mass is 9.89. The fourth-order valence-corrected chi connectivity index (χ4v) is 9.23. The van der Waals surface area contributed by atoms with Gasteiger partial charge in [-0.3, -0.25) is 0 Å². The van der Waals surface area contributed by atoms with Crippen molar-refractivity contribution in [3.05, 3.63) is 209 Å². The zero-order valence-electron chi connectivity index (χ0n) is 53.5. The predicted molar refractivity (Wildman–Crippen MR) is 335 cm³/mol. The standard InChI is InChI=1S/C18H30.2C16H26.C8H6F4.C8H8F2.C8H9F/c1-14(2)7-6-8-15(3)10-12-18-13-16(4)9-11-17(18)5;1-5-7-8-15(6-2)12-16-11-13(3)9-10-14(16)4;1-4-5-6-7-8-9-10-16-13-14(2)11-12-15(16)3;1-3-5(9)7(11)4(2)8(12)6(3)10;1-5-3-8(10)6(2)4-7(5)9;1-6-3-4-7(2)8(9)5-6/h9,11,13-15H,6-8,10,12H2,1-5H3;9-11,15H,5-8,12H2,1-4H3;11-13H,4-10H2,1-3H3;1-2H3;3-4H,1-2H3;3-5H,1-2H3. The molecule has 81 heavy (non-hydrogen) atoms. The van der Waals surface area contributed by atoms with Gasteiger partial charge in [0, 0.05) is 11.1 Å². The van der Waals surface area contributed by atoms with Gasteiger partial charge >= 0.3 is 0 Å². The average Bonchev–Trinajstić information content (AvgIpc) is 3.44. The minimum absolute atomic E-state index is 0.116. The van der Waals surface area contributed by atoms with E-state index in [1.165, 1.54) is 175 Å². The molecule has 0 saturated carbocycles. The first kappa shape index (κ1) is 73.8. The smallest absolute Gasteiger partial charge is 0.165 e. The second kappa shape index (κ2) is 40.1. The van der Waals surface area contributed by atoms with Crippen LogP contribution in [0.5, 0.6) is 0 Å². The third-order valence-corrected chi connectivity index (χ3v) is 15.2. The Morgan fingerprint density at radius 1 is 0.333 bits per heavy atom. The molecule has 0 fully saturated rings. The first-order chi connectivity index (χ1) is 38.2. The Morgan fingerprint density at radius 2 is 0.716 bits per heavy atom. The summed E-state index contributed by atoms with van der Waals surface area (Å²) in [5, 5.41) is 0. The van der Waals surface area contributed by atoms with Crippen molar-refractivity contribution in [1.29, 1.82) is 0 Å². The van der Waals surface area contributed by atoms with Gasteiger partial charge in [0.1, 0.15) is 17.5 Å². The zero-order chi connectivity index (χ0) is 61.4. The van der Waals surface area contributed by atoms with Crippen LogP contribution in [-0.2, 0) is 19.3 Å². The van der Waals surface area contributed by atoms with Gasteiger partial charge in [0.2, 0.25) is 0 Å². The van der Waals surface area contributed by atoms with Gasteiger partial charge < -0.3 is 0 Å². The molecule has 0 saturated heterocycles. The molecule has 6 rings (SSSR count). The van der Waals surface area contributed by atoms with Gasteiger partial charge in [-0.2, -0.15) is 0 Å². The predicted octanol–water partition coefficient (Wildman–Crippen LogP) is 23.9. The molecule has 0 bridgehead atoms. The van der Waals surface area contributed by atoms with Crippen LogP contribution < -0.4 is 0 Å². The van der Waals surface area contributed by atoms with Crippen molar-refractivity contribution in [3.63, 3.8) is 0 Å². The van der Waals surface area contributed by atoms with Gasteiger partial charge in [-0.25, -0.2) is 30.7 Å². The third kappa shape index (κ3) is 29.6. The van der Waals surface area contributed by atoms with Crippen LogP contribution in [0.1, 0.15) is 215 Å². The van der Waals surface area contributed by atoms with Gasteiger partial charge in [0.15, 0.2) is 23.3 Å². The number of hydrogen-bond donors (Lipinski definition) is 0. The summed E-state index contributed by atoms with van der Waals surface area (Å²) >= 11 is 0. The Morgan fingerprint density at radius 3 is 1.14 bits per heavy atom. The molecule has 2 unspecified atom stereocenters. The SMILES string of the molecule is CCCCC(CC)Cc1cc(C)ccc1C.CCCCCCCCc1cc(C)ccc1C.Cc1c(F)c(F)c(C)c(F)c1F.Cc1cc(F)c(C)cc1F.Cc1ccc(C)c(CCC(C)CCCC(C)C)c1.Cc1ccc(C)c(F)c1. The highest BCUT2D eigenvalue weighted by Crippen LogP contribution is 2.25. The monoisotopic (exact) mass is 1130 g/mol. The summed E-state index contributed by atoms with van der Waals surface area (Å²) in [6.07, 6.45) is 23.0. The second-order valence-corrected chi connectivity index (χ2v) is 23.5. The van der Waals surface area contributed by atoms with Crippen molar-refractivity contribution in [3.8, 4) is 0 Å². The van der Waals surface area contributed by atoms with E-state index in [0.717, 1.165) is 37.2 Å². The molecule has 6 aromatic carbocycles. The van der Waals surface area contributed by atoms with E-state index >= 15 is 0 Å². The van der Waals surface area contributed by atoms with Crippen LogP contribution in [0.15, 0.2) is 84.9 Å². The van der Waals surface area contributed by atoms with E-state index in [2.05, 4.69) is 138 Å². The van der Waals surface area contributed by atoms with E-state index in [0.29, 0.717) is 16.7 Å². The molecule has 0 heterocycles. The lowest BCUT2D eigenvalue weighted by Gasteiger charge is -2.16. The summed E-state index contributed by atoms with van der Waals surface area (Å²) in [6, 6.07) is 28.1. The van der Waals surface area contributed by atoms with E-state index < -0.39 is 34.4 Å². The van der Waals surface area contributed by atoms with Gasteiger partial charge in [-0.05, 0) is 207 Å². The number of hydrogen-bond acceptors (Lipinski definition) is 0. The second-order valence-electron chi connectivity index (χ2n) is 23.5. The fourth-order valence-electron chi connectivity index (χ4n) is 9.23. The maximum Gasteiger partial charge on any atom is 0.165 e. The van der Waals surface area contributed by atoms with Crippen LogP contribution in [0.2, 0.25) is 0 Å². The molecule has 450 valence electrons. The lowest BCUT2D eigenvalue weighted by molar-refractivity contribution is 0.436. The Kier molecular flexibility index (Phi) is 36.6. The van der Waals surface area contributed by atoms with Crippen LogP contribution >= 0.6 is 0 Å². The molecule has 0 aliphatic carbocycles. The van der Waals surface area contributed by atoms with Crippen LogP contribution in [0.4, 0.5) is 30.7 Å². The van der Waals surface area contributed by atoms with E-state index in [1.807, 2.05) is 13.0 Å². The van der Waals surface area contributed by atoms with E-state index in [4.69, 9.17) is 0 Å². The van der Waals surface area contributed by atoms with Gasteiger partial charge in [0.05, 0.1) is 0 Å². The highest BCUT2D eigenvalue weighted by molar-refractivity contribution is 5.33. The minimum Gasteiger partial charge on any atom is -0.207 e. The number of rotatable bonds is 20. The lowest BCUT2D eigenvalue weighted by Crippen LogP contribution is -2.05. The van der Waals surface area contributed by atoms with Crippen molar-refractivity contribution in [2.24, 2.45) is 17.8 Å². The largest absolute Gasteiger partial charge is 0.207 e. The zero-order valence-corrected chi connectivity index (χ0v) is 53.5. The van der Waals surface area contributed by atoms with Crippen LogP contribution in [0, 0.1) is 142 Å². The molecule has 0 nitrogen and oxygen atoms in total. The maximum absolute atomic E-state index is 12.7. The quantitative estimate of drug-likeness (QED) is 0.0406. The first-order valence-electron chi connectivity index (χ1n) is 30.3. The molecule has 0 N–H and O–H groups in total. The molecule has 0 aliphatic rings. The topological polar surface area (TPSA) is 0 Å². The van der Waals surface area contributed by atoms with Gasteiger partial charge in [0.25, 0.3) is 0 Å². The minimum atomic E-state index is -1.33. The maximum atomic E-state index is 12.7. The Labute approximate surface area is 489 Å². The molecule has 0 aliphatic heterocycles. The molecular weight excluding hydrogens is 1020 g/mol. The van der Waals surface area contributed by atoms with Crippen molar-refractivity contribution >= 4 is 0 Å². The molecule has 0 radical (unpaired) electrons. The van der Waals surface area contributed by atoms with Gasteiger partial charge in [-0.15, -0.1) is 0 Å². The number of halogens is 7. The van der Waals surface area contributed by atoms with E-state index in [1.54, 1.807) is 29.7 Å². The Balaban J connectivity index is 0.000000493. The molecular formula is C74H105F7. The van der Waals surface area contributed by atoms with Crippen LogP contribution in [0.3, 0.4) is 0 Å². The van der Waals surface area contributed by atoms with Crippen molar-refractivity contribution in [2.45, 2.75) is 234 Å². The molecule has 0 aromatic heterocycles. The highest BCUT2D eigenvalue weighted by atomic mass is 19.2. The van der Waals surface area contributed by atoms with Crippen molar-refractivity contribution < 1.29 is 30.7 Å². The van der Waals surface area contributed by atoms with E-state index in [-0.39, 0.29) is 17.5 Å².